The van der Waals surface area contributed by atoms with Crippen molar-refractivity contribution in [3.63, 3.8) is 0 Å². The van der Waals surface area contributed by atoms with E-state index in [1.54, 1.807) is 11.8 Å². The Hall–Kier alpha value is -1.43. The van der Waals surface area contributed by atoms with E-state index in [1.165, 1.54) is 0 Å². The fourth-order valence-electron chi connectivity index (χ4n) is 2.50. The monoisotopic (exact) mass is 316 g/mol. The van der Waals surface area contributed by atoms with Gasteiger partial charge in [0.15, 0.2) is 5.82 Å². The van der Waals surface area contributed by atoms with Gasteiger partial charge in [0.05, 0.1) is 24.5 Å². The van der Waals surface area contributed by atoms with Gasteiger partial charge in [-0.3, -0.25) is 0 Å². The molecule has 0 spiro atoms. The molecule has 1 aliphatic heterocycles. The molecule has 5 heteroatoms. The van der Waals surface area contributed by atoms with E-state index in [1.807, 2.05) is 30.3 Å². The van der Waals surface area contributed by atoms with Crippen molar-refractivity contribution >= 4 is 11.8 Å². The Bertz CT molecular complexity index is 659. The van der Waals surface area contributed by atoms with Gasteiger partial charge in [0.2, 0.25) is 0 Å². The first-order valence-corrected chi connectivity index (χ1v) is 8.40. The second-order valence-corrected chi connectivity index (χ2v) is 7.02. The number of nitrogens with zero attached hydrogens (tertiary/aromatic N) is 2. The summed E-state index contributed by atoms with van der Waals surface area (Å²) in [5.74, 6) is 1.37. The Balaban J connectivity index is 2.05. The van der Waals surface area contributed by atoms with Gasteiger partial charge in [-0.05, 0) is 13.8 Å². The van der Waals surface area contributed by atoms with Gasteiger partial charge in [0, 0.05) is 23.3 Å². The normalized spacial score (nSPS) is 16.3. The van der Waals surface area contributed by atoms with Crippen molar-refractivity contribution in [3.8, 4) is 11.4 Å². The zero-order valence-corrected chi connectivity index (χ0v) is 13.7. The van der Waals surface area contributed by atoms with Crippen LogP contribution in [0, 0.1) is 0 Å². The van der Waals surface area contributed by atoms with Gasteiger partial charge in [0.25, 0.3) is 0 Å². The van der Waals surface area contributed by atoms with Crippen LogP contribution in [0.25, 0.3) is 11.4 Å². The van der Waals surface area contributed by atoms with Crippen LogP contribution in [0.2, 0.25) is 0 Å². The van der Waals surface area contributed by atoms with Gasteiger partial charge in [0.1, 0.15) is 5.03 Å². The molecule has 1 aliphatic rings. The van der Waals surface area contributed by atoms with Crippen molar-refractivity contribution in [1.82, 2.24) is 9.97 Å². The van der Waals surface area contributed by atoms with Crippen LogP contribution >= 0.6 is 11.8 Å². The summed E-state index contributed by atoms with van der Waals surface area (Å²) in [6.45, 7) is 4.84. The molecule has 0 unspecified atom stereocenters. The number of ether oxygens (including phenoxy) is 1. The molecule has 1 N–H and O–H groups in total. The molecule has 0 atom stereocenters. The Kier molecular flexibility index (Phi) is 4.47. The summed E-state index contributed by atoms with van der Waals surface area (Å²) in [5.41, 5.74) is 2.94. The minimum absolute atomic E-state index is 0.135. The van der Waals surface area contributed by atoms with Crippen molar-refractivity contribution in [2.45, 2.75) is 37.5 Å². The number of rotatable bonds is 4. The summed E-state index contributed by atoms with van der Waals surface area (Å²) in [6.07, 6.45) is 0.775. The molecule has 0 saturated carbocycles. The van der Waals surface area contributed by atoms with E-state index < -0.39 is 0 Å². The molecule has 3 rings (SSSR count). The Morgan fingerprint density at radius 2 is 2.00 bits per heavy atom. The molecule has 0 bridgehead atoms. The third-order valence-corrected chi connectivity index (χ3v) is 4.62. The number of hydrogen-bond donors (Lipinski definition) is 1. The first kappa shape index (κ1) is 15.5. The Labute approximate surface area is 135 Å². The Morgan fingerprint density at radius 3 is 2.73 bits per heavy atom. The van der Waals surface area contributed by atoms with E-state index in [9.17, 15) is 0 Å². The largest absolute Gasteiger partial charge is 0.396 e. The molecule has 2 aromatic rings. The molecular weight excluding hydrogens is 296 g/mol. The van der Waals surface area contributed by atoms with Gasteiger partial charge < -0.3 is 9.84 Å². The number of hydrogen-bond acceptors (Lipinski definition) is 5. The lowest BCUT2D eigenvalue weighted by atomic mass is 9.96. The lowest BCUT2D eigenvalue weighted by Crippen LogP contribution is -2.33. The van der Waals surface area contributed by atoms with E-state index in [0.29, 0.717) is 12.4 Å². The third-order valence-electron chi connectivity index (χ3n) is 3.62. The quantitative estimate of drug-likeness (QED) is 0.694. The van der Waals surface area contributed by atoms with Crippen LogP contribution in [0.1, 0.15) is 25.1 Å². The molecule has 0 amide bonds. The second-order valence-electron chi connectivity index (χ2n) is 5.94. The number of aliphatic hydroxyl groups is 1. The van der Waals surface area contributed by atoms with E-state index >= 15 is 0 Å². The highest BCUT2D eigenvalue weighted by molar-refractivity contribution is 7.99. The lowest BCUT2D eigenvalue weighted by molar-refractivity contribution is -0.0428. The molecule has 0 aliphatic carbocycles. The molecule has 0 radical (unpaired) electrons. The topological polar surface area (TPSA) is 55.2 Å². The average Bonchev–Trinajstić information content (AvgIpc) is 2.52. The van der Waals surface area contributed by atoms with Crippen LogP contribution in [0.15, 0.2) is 35.4 Å². The zero-order chi connectivity index (χ0) is 15.6. The van der Waals surface area contributed by atoms with Gasteiger partial charge in [-0.25, -0.2) is 9.97 Å². The first-order valence-electron chi connectivity index (χ1n) is 7.42. The van der Waals surface area contributed by atoms with Gasteiger partial charge in [-0.1, -0.05) is 30.3 Å². The van der Waals surface area contributed by atoms with E-state index in [2.05, 4.69) is 13.8 Å². The van der Waals surface area contributed by atoms with Crippen molar-refractivity contribution in [2.75, 3.05) is 12.4 Å². The molecule has 1 aromatic carbocycles. The van der Waals surface area contributed by atoms with Crippen molar-refractivity contribution in [2.24, 2.45) is 0 Å². The Morgan fingerprint density at radius 1 is 1.23 bits per heavy atom. The van der Waals surface area contributed by atoms with E-state index in [0.717, 1.165) is 34.1 Å². The average molecular weight is 316 g/mol. The second kappa shape index (κ2) is 6.36. The molecule has 22 heavy (non-hydrogen) atoms. The summed E-state index contributed by atoms with van der Waals surface area (Å²) in [4.78, 5) is 9.48. The smallest absolute Gasteiger partial charge is 0.160 e. The van der Waals surface area contributed by atoms with Crippen LogP contribution in [0.5, 0.6) is 0 Å². The molecule has 2 heterocycles. The SMILES string of the molecule is CC1(C)Cc2nc(-c3ccccc3)nc(SCCO)c2CO1. The molecule has 116 valence electrons. The molecule has 4 nitrogen and oxygen atoms in total. The van der Waals surface area contributed by atoms with Gasteiger partial charge in [-0.15, -0.1) is 11.8 Å². The number of aliphatic hydroxyl groups excluding tert-OH is 1. The highest BCUT2D eigenvalue weighted by Gasteiger charge is 2.30. The maximum Gasteiger partial charge on any atom is 0.160 e. The summed E-state index contributed by atoms with van der Waals surface area (Å²) in [7, 11) is 0. The summed E-state index contributed by atoms with van der Waals surface area (Å²) < 4.78 is 5.90. The fourth-order valence-corrected chi connectivity index (χ4v) is 3.29. The number of thioether (sulfide) groups is 1. The lowest BCUT2D eigenvalue weighted by Gasteiger charge is -2.32. The predicted octanol–water partition coefficient (Wildman–Crippen LogP) is 3.08. The summed E-state index contributed by atoms with van der Waals surface area (Å²) in [5, 5.41) is 10.0. The van der Waals surface area contributed by atoms with E-state index in [4.69, 9.17) is 19.8 Å². The molecule has 0 fully saturated rings. The summed E-state index contributed by atoms with van der Waals surface area (Å²) in [6, 6.07) is 10.0. The van der Waals surface area contributed by atoms with Crippen molar-refractivity contribution < 1.29 is 9.84 Å². The molecular formula is C17H20N2O2S. The minimum atomic E-state index is -0.200. The van der Waals surface area contributed by atoms with Crippen LogP contribution < -0.4 is 0 Å². The predicted molar refractivity (Wildman–Crippen MR) is 87.8 cm³/mol. The van der Waals surface area contributed by atoms with Crippen molar-refractivity contribution in [3.05, 3.63) is 41.6 Å². The zero-order valence-electron chi connectivity index (χ0n) is 12.9. The fraction of sp³-hybridized carbons (Fsp3) is 0.412. The standard InChI is InChI=1S/C17H20N2O2S/c1-17(2)10-14-13(11-21-17)16(22-9-8-20)19-15(18-14)12-6-4-3-5-7-12/h3-7,20H,8-11H2,1-2H3. The highest BCUT2D eigenvalue weighted by Crippen LogP contribution is 2.33. The van der Waals surface area contributed by atoms with Gasteiger partial charge >= 0.3 is 0 Å². The van der Waals surface area contributed by atoms with Crippen molar-refractivity contribution in [1.29, 1.82) is 0 Å². The first-order chi connectivity index (χ1) is 10.6. The maximum absolute atomic E-state index is 9.11. The van der Waals surface area contributed by atoms with Crippen LogP contribution in [-0.4, -0.2) is 33.0 Å². The van der Waals surface area contributed by atoms with Gasteiger partial charge in [-0.2, -0.15) is 0 Å². The number of aromatic nitrogens is 2. The van der Waals surface area contributed by atoms with Crippen LogP contribution in [0.3, 0.4) is 0 Å². The highest BCUT2D eigenvalue weighted by atomic mass is 32.2. The van der Waals surface area contributed by atoms with Crippen LogP contribution in [-0.2, 0) is 17.8 Å². The molecule has 1 aromatic heterocycles. The molecule has 0 saturated heterocycles. The van der Waals surface area contributed by atoms with E-state index in [-0.39, 0.29) is 12.2 Å². The third kappa shape index (κ3) is 3.32. The number of benzene rings is 1. The number of fused-ring (bicyclic) bond motifs is 1. The summed E-state index contributed by atoms with van der Waals surface area (Å²) >= 11 is 1.56. The van der Waals surface area contributed by atoms with Crippen LogP contribution in [0.4, 0.5) is 0 Å². The maximum atomic E-state index is 9.11. The minimum Gasteiger partial charge on any atom is -0.396 e.